The van der Waals surface area contributed by atoms with Gasteiger partial charge in [-0.1, -0.05) is 28.1 Å². The highest BCUT2D eigenvalue weighted by atomic mass is 79.9. The van der Waals surface area contributed by atoms with Crippen molar-refractivity contribution >= 4 is 21.7 Å². The van der Waals surface area contributed by atoms with Gasteiger partial charge in [0.05, 0.1) is 0 Å². The molecule has 1 aliphatic rings. The van der Waals surface area contributed by atoms with Gasteiger partial charge >= 0.3 is 0 Å². The maximum absolute atomic E-state index is 13.0. The monoisotopic (exact) mass is 348 g/mol. The van der Waals surface area contributed by atoms with Crippen LogP contribution in [0, 0.1) is 5.82 Å². The van der Waals surface area contributed by atoms with Crippen LogP contribution in [0.15, 0.2) is 40.9 Å². The van der Waals surface area contributed by atoms with Crippen LogP contribution < -0.4 is 4.74 Å². The van der Waals surface area contributed by atoms with Crippen LogP contribution in [0.1, 0.15) is 34.3 Å². The molecule has 2 aromatic rings. The minimum Gasteiger partial charge on any atom is -0.489 e. The predicted octanol–water partition coefficient (Wildman–Crippen LogP) is 4.69. The Kier molecular flexibility index (Phi) is 4.06. The second-order valence-corrected chi connectivity index (χ2v) is 5.97. The molecule has 0 amide bonds. The zero-order chi connectivity index (χ0) is 14.8. The zero-order valence-corrected chi connectivity index (χ0v) is 13.0. The molecule has 2 nitrogen and oxygen atoms in total. The van der Waals surface area contributed by atoms with E-state index in [9.17, 15) is 9.18 Å². The Morgan fingerprint density at radius 1 is 1.14 bits per heavy atom. The van der Waals surface area contributed by atoms with E-state index in [1.54, 1.807) is 6.07 Å². The van der Waals surface area contributed by atoms with Crippen molar-refractivity contribution in [2.75, 3.05) is 0 Å². The number of benzene rings is 2. The average Bonchev–Trinajstić information content (AvgIpc) is 2.47. The molecule has 0 atom stereocenters. The summed E-state index contributed by atoms with van der Waals surface area (Å²) in [6.45, 7) is 0.327. The number of carbonyl (C=O) groups excluding carboxylic acids is 1. The van der Waals surface area contributed by atoms with Gasteiger partial charge in [-0.15, -0.1) is 0 Å². The Morgan fingerprint density at radius 3 is 2.81 bits per heavy atom. The van der Waals surface area contributed by atoms with Gasteiger partial charge in [-0.25, -0.2) is 4.39 Å². The lowest BCUT2D eigenvalue weighted by atomic mass is 9.90. The van der Waals surface area contributed by atoms with Crippen molar-refractivity contribution in [2.24, 2.45) is 0 Å². The van der Waals surface area contributed by atoms with Gasteiger partial charge in [0.25, 0.3) is 0 Å². The first-order valence-corrected chi connectivity index (χ1v) is 7.65. The minimum absolute atomic E-state index is 0.185. The fraction of sp³-hybridized carbons (Fsp3) is 0.235. The summed E-state index contributed by atoms with van der Waals surface area (Å²) in [5, 5.41) is 0. The summed E-state index contributed by atoms with van der Waals surface area (Å²) in [6.07, 6.45) is 2.49. The summed E-state index contributed by atoms with van der Waals surface area (Å²) in [6, 6.07) is 10.2. The molecule has 2 aromatic carbocycles. The van der Waals surface area contributed by atoms with Gasteiger partial charge in [0.2, 0.25) is 0 Å². The van der Waals surface area contributed by atoms with Gasteiger partial charge in [-0.2, -0.15) is 0 Å². The van der Waals surface area contributed by atoms with E-state index in [2.05, 4.69) is 15.9 Å². The Morgan fingerprint density at radius 2 is 2.00 bits per heavy atom. The molecule has 0 fully saturated rings. The molecular weight excluding hydrogens is 335 g/mol. The number of hydrogen-bond donors (Lipinski definition) is 0. The Hall–Kier alpha value is -1.68. The highest BCUT2D eigenvalue weighted by molar-refractivity contribution is 9.10. The van der Waals surface area contributed by atoms with Gasteiger partial charge in [-0.05, 0) is 42.7 Å². The summed E-state index contributed by atoms with van der Waals surface area (Å²) < 4.78 is 19.4. The maximum Gasteiger partial charge on any atom is 0.163 e. The first-order valence-electron chi connectivity index (χ1n) is 6.86. The molecule has 0 spiro atoms. The fourth-order valence-electron chi connectivity index (χ4n) is 2.50. The number of halogens is 2. The summed E-state index contributed by atoms with van der Waals surface area (Å²) in [7, 11) is 0. The third-order valence-electron chi connectivity index (χ3n) is 3.64. The first-order chi connectivity index (χ1) is 10.1. The number of carbonyl (C=O) groups is 1. The Labute approximate surface area is 131 Å². The number of ketones is 1. The standard InChI is InChI=1S/C17H14BrFO2/c18-16-8-13(19)6-4-12(16)10-21-14-7-5-11-2-1-3-17(20)15(11)9-14/h4-9H,1-3,10H2. The number of hydrogen-bond acceptors (Lipinski definition) is 2. The zero-order valence-electron chi connectivity index (χ0n) is 11.4. The first kappa shape index (κ1) is 14.3. The van der Waals surface area contributed by atoms with E-state index >= 15 is 0 Å². The lowest BCUT2D eigenvalue weighted by molar-refractivity contribution is 0.0972. The fourth-order valence-corrected chi connectivity index (χ4v) is 2.96. The van der Waals surface area contributed by atoms with Crippen molar-refractivity contribution in [2.45, 2.75) is 25.9 Å². The summed E-state index contributed by atoms with van der Waals surface area (Å²) in [5.74, 6) is 0.565. The molecule has 0 unspecified atom stereocenters. The number of Topliss-reactive ketones (excluding diaryl/α,β-unsaturated/α-hetero) is 1. The van der Waals surface area contributed by atoms with Crippen molar-refractivity contribution < 1.29 is 13.9 Å². The van der Waals surface area contributed by atoms with Crippen molar-refractivity contribution in [3.63, 3.8) is 0 Å². The molecule has 21 heavy (non-hydrogen) atoms. The van der Waals surface area contributed by atoms with Crippen LogP contribution in [0.2, 0.25) is 0 Å². The van der Waals surface area contributed by atoms with Gasteiger partial charge < -0.3 is 4.74 Å². The molecule has 1 aliphatic carbocycles. The topological polar surface area (TPSA) is 26.3 Å². The van der Waals surface area contributed by atoms with Crippen molar-refractivity contribution in [3.05, 3.63) is 63.4 Å². The van der Waals surface area contributed by atoms with E-state index < -0.39 is 0 Å². The molecule has 0 heterocycles. The molecule has 0 bridgehead atoms. The second kappa shape index (κ2) is 5.98. The minimum atomic E-state index is -0.287. The smallest absolute Gasteiger partial charge is 0.163 e. The van der Waals surface area contributed by atoms with Gasteiger partial charge in [0.15, 0.2) is 5.78 Å². The number of ether oxygens (including phenoxy) is 1. The molecule has 0 radical (unpaired) electrons. The van der Waals surface area contributed by atoms with Gasteiger partial charge in [0.1, 0.15) is 18.2 Å². The summed E-state index contributed by atoms with van der Waals surface area (Å²) in [5.41, 5.74) is 2.74. The van der Waals surface area contributed by atoms with E-state index in [1.165, 1.54) is 12.1 Å². The Bertz CT molecular complexity index is 697. The van der Waals surface area contributed by atoms with Crippen LogP contribution in [0.3, 0.4) is 0 Å². The van der Waals surface area contributed by atoms with Crippen LogP contribution >= 0.6 is 15.9 Å². The molecule has 0 saturated carbocycles. The quantitative estimate of drug-likeness (QED) is 0.804. The molecule has 0 aliphatic heterocycles. The molecule has 4 heteroatoms. The lowest BCUT2D eigenvalue weighted by Crippen LogP contribution is -2.10. The summed E-state index contributed by atoms with van der Waals surface area (Å²) >= 11 is 3.32. The molecule has 0 aromatic heterocycles. The van der Waals surface area contributed by atoms with Crippen molar-refractivity contribution in [1.29, 1.82) is 0 Å². The van der Waals surface area contributed by atoms with E-state index in [0.29, 0.717) is 23.2 Å². The normalized spacial score (nSPS) is 13.9. The van der Waals surface area contributed by atoms with Crippen molar-refractivity contribution in [3.8, 4) is 5.75 Å². The number of aryl methyl sites for hydroxylation is 1. The maximum atomic E-state index is 13.0. The molecule has 108 valence electrons. The van der Waals surface area contributed by atoms with Crippen LogP contribution in [-0.4, -0.2) is 5.78 Å². The van der Waals surface area contributed by atoms with Crippen molar-refractivity contribution in [1.82, 2.24) is 0 Å². The third-order valence-corrected chi connectivity index (χ3v) is 4.38. The van der Waals surface area contributed by atoms with E-state index in [-0.39, 0.29) is 11.6 Å². The largest absolute Gasteiger partial charge is 0.489 e. The van der Waals surface area contributed by atoms with E-state index in [4.69, 9.17) is 4.74 Å². The van der Waals surface area contributed by atoms with Crippen LogP contribution in [0.25, 0.3) is 0 Å². The molecule has 3 rings (SSSR count). The highest BCUT2D eigenvalue weighted by Gasteiger charge is 2.17. The lowest BCUT2D eigenvalue weighted by Gasteiger charge is -2.16. The van der Waals surface area contributed by atoms with Gasteiger partial charge in [0, 0.05) is 22.0 Å². The second-order valence-electron chi connectivity index (χ2n) is 5.12. The average molecular weight is 349 g/mol. The third kappa shape index (κ3) is 3.16. The highest BCUT2D eigenvalue weighted by Crippen LogP contribution is 2.26. The molecule has 0 saturated heterocycles. The molecular formula is C17H14BrFO2. The van der Waals surface area contributed by atoms with Crippen LogP contribution in [-0.2, 0) is 13.0 Å². The number of rotatable bonds is 3. The van der Waals surface area contributed by atoms with E-state index in [0.717, 1.165) is 29.5 Å². The molecule has 0 N–H and O–H groups in total. The van der Waals surface area contributed by atoms with Crippen LogP contribution in [0.4, 0.5) is 4.39 Å². The van der Waals surface area contributed by atoms with Crippen LogP contribution in [0.5, 0.6) is 5.75 Å². The SMILES string of the molecule is O=C1CCCc2ccc(OCc3ccc(F)cc3Br)cc21. The predicted molar refractivity (Wildman–Crippen MR) is 82.1 cm³/mol. The van der Waals surface area contributed by atoms with E-state index in [1.807, 2.05) is 18.2 Å². The summed E-state index contributed by atoms with van der Waals surface area (Å²) in [4.78, 5) is 11.9. The van der Waals surface area contributed by atoms with Gasteiger partial charge in [-0.3, -0.25) is 4.79 Å². The number of fused-ring (bicyclic) bond motifs is 1. The Balaban J connectivity index is 1.76.